The first kappa shape index (κ1) is 24.0. The maximum atomic E-state index is 12.6. The van der Waals surface area contributed by atoms with E-state index in [1.807, 2.05) is 25.3 Å². The summed E-state index contributed by atoms with van der Waals surface area (Å²) in [5, 5.41) is 21.2. The summed E-state index contributed by atoms with van der Waals surface area (Å²) in [5.41, 5.74) is 1.29. The second kappa shape index (κ2) is 13.1. The zero-order valence-corrected chi connectivity index (χ0v) is 18.1. The van der Waals surface area contributed by atoms with Gasteiger partial charge in [0, 0.05) is 30.2 Å². The summed E-state index contributed by atoms with van der Waals surface area (Å²) >= 11 is 1.61. The lowest BCUT2D eigenvalue weighted by Crippen LogP contribution is -2.29. The van der Waals surface area contributed by atoms with Crippen LogP contribution in [0.5, 0.6) is 5.75 Å². The molecule has 7 nitrogen and oxygen atoms in total. The van der Waals surface area contributed by atoms with Gasteiger partial charge in [-0.25, -0.2) is 4.79 Å². The van der Waals surface area contributed by atoms with Crippen LogP contribution >= 0.6 is 11.8 Å². The predicted octanol–water partition coefficient (Wildman–Crippen LogP) is 3.86. The first-order chi connectivity index (χ1) is 14.6. The number of ether oxygens (including phenoxy) is 3. The summed E-state index contributed by atoms with van der Waals surface area (Å²) in [4.78, 5) is 13.7. The second-order valence-corrected chi connectivity index (χ2v) is 7.21. The van der Waals surface area contributed by atoms with Crippen molar-refractivity contribution in [2.24, 2.45) is 0 Å². The number of carbonyl (C=O) groups excluding carboxylic acids is 1. The Hall–Kier alpha value is -2.26. The van der Waals surface area contributed by atoms with Gasteiger partial charge >= 0.3 is 6.09 Å². The van der Waals surface area contributed by atoms with Gasteiger partial charge in [-0.3, -0.25) is 5.32 Å². The highest BCUT2D eigenvalue weighted by Crippen LogP contribution is 2.29. The summed E-state index contributed by atoms with van der Waals surface area (Å²) < 4.78 is 17.0. The predicted molar refractivity (Wildman–Crippen MR) is 117 cm³/mol. The van der Waals surface area contributed by atoms with Gasteiger partial charge in [0.15, 0.2) is 6.10 Å². The molecule has 30 heavy (non-hydrogen) atoms. The largest absolute Gasteiger partial charge is 0.491 e. The molecule has 0 aromatic heterocycles. The second-order valence-electron chi connectivity index (χ2n) is 6.33. The van der Waals surface area contributed by atoms with Crippen LogP contribution in [-0.2, 0) is 9.47 Å². The number of rotatable bonds is 12. The number of aliphatic hydroxyl groups excluding tert-OH is 2. The summed E-state index contributed by atoms with van der Waals surface area (Å²) in [6.07, 6.45) is 0.379. The van der Waals surface area contributed by atoms with E-state index in [0.717, 1.165) is 4.90 Å². The Morgan fingerprint density at radius 3 is 2.53 bits per heavy atom. The first-order valence-electron chi connectivity index (χ1n) is 9.79. The Balaban J connectivity index is 2.20. The molecule has 0 aliphatic heterocycles. The van der Waals surface area contributed by atoms with Crippen molar-refractivity contribution in [1.82, 2.24) is 0 Å². The number of aliphatic hydroxyl groups is 2. The summed E-state index contributed by atoms with van der Waals surface area (Å²) in [6.45, 7) is 2.20. The van der Waals surface area contributed by atoms with E-state index in [1.54, 1.807) is 48.2 Å². The minimum atomic E-state index is -0.750. The number of hydrogen-bond donors (Lipinski definition) is 3. The van der Waals surface area contributed by atoms with Gasteiger partial charge in [0.1, 0.15) is 18.5 Å². The van der Waals surface area contributed by atoms with Crippen molar-refractivity contribution in [3.05, 3.63) is 54.1 Å². The number of hydrogen-bond acceptors (Lipinski definition) is 7. The Morgan fingerprint density at radius 1 is 1.13 bits per heavy atom. The zero-order chi connectivity index (χ0) is 21.8. The number of carbonyl (C=O) groups is 1. The molecule has 0 saturated heterocycles. The number of anilines is 1. The average molecular weight is 436 g/mol. The molecule has 8 heteroatoms. The van der Waals surface area contributed by atoms with Gasteiger partial charge in [-0.1, -0.05) is 12.1 Å². The highest BCUT2D eigenvalue weighted by atomic mass is 32.2. The number of benzene rings is 2. The lowest BCUT2D eigenvalue weighted by molar-refractivity contribution is -0.0484. The standard InChI is InChI=1S/C22H29NO6S/c1-3-27-20(11-12-24)21(16-5-4-6-18(15-16)28-14-13-25)29-22(26)23-17-7-9-19(30-2)10-8-17/h4-10,15,20-21,24-25H,3,11-14H2,1-2H3,(H,23,26)/t20-,21-/m1/s1. The molecule has 2 aromatic carbocycles. The van der Waals surface area contributed by atoms with Gasteiger partial charge in [-0.05, 0) is 55.1 Å². The fourth-order valence-corrected chi connectivity index (χ4v) is 3.31. The molecule has 0 aliphatic carbocycles. The summed E-state index contributed by atoms with van der Waals surface area (Å²) in [6, 6.07) is 14.5. The molecule has 0 spiro atoms. The van der Waals surface area contributed by atoms with Crippen molar-refractivity contribution in [2.75, 3.05) is 38.0 Å². The third kappa shape index (κ3) is 7.53. The van der Waals surface area contributed by atoms with Gasteiger partial charge in [-0.2, -0.15) is 0 Å². The molecule has 2 atom stereocenters. The Morgan fingerprint density at radius 2 is 1.90 bits per heavy atom. The highest BCUT2D eigenvalue weighted by molar-refractivity contribution is 7.98. The van der Waals surface area contributed by atoms with Crippen LogP contribution in [0.15, 0.2) is 53.4 Å². The summed E-state index contributed by atoms with van der Waals surface area (Å²) in [7, 11) is 0. The van der Waals surface area contributed by atoms with Gasteiger partial charge in [-0.15, -0.1) is 11.8 Å². The molecule has 164 valence electrons. The monoisotopic (exact) mass is 435 g/mol. The zero-order valence-electron chi connectivity index (χ0n) is 17.2. The molecule has 0 heterocycles. The summed E-state index contributed by atoms with van der Waals surface area (Å²) in [5.74, 6) is 0.544. The Labute approximate surface area is 181 Å². The average Bonchev–Trinajstić information content (AvgIpc) is 2.76. The van der Waals surface area contributed by atoms with Crippen molar-refractivity contribution in [3.8, 4) is 5.75 Å². The van der Waals surface area contributed by atoms with E-state index in [-0.39, 0.29) is 19.8 Å². The van der Waals surface area contributed by atoms with Crippen molar-refractivity contribution in [3.63, 3.8) is 0 Å². The SMILES string of the molecule is CCO[C@H](CCO)[C@H](OC(=O)Nc1ccc(SC)cc1)c1cccc(OCCO)c1. The molecular weight excluding hydrogens is 406 g/mol. The van der Waals surface area contributed by atoms with E-state index in [9.17, 15) is 9.90 Å². The number of amides is 1. The quantitative estimate of drug-likeness (QED) is 0.436. The fraction of sp³-hybridized carbons (Fsp3) is 0.409. The maximum absolute atomic E-state index is 12.6. The fourth-order valence-electron chi connectivity index (χ4n) is 2.90. The van der Waals surface area contributed by atoms with Crippen molar-refractivity contribution >= 4 is 23.5 Å². The molecule has 0 radical (unpaired) electrons. The molecule has 3 N–H and O–H groups in total. The lowest BCUT2D eigenvalue weighted by Gasteiger charge is -2.27. The Bertz CT molecular complexity index is 764. The molecular formula is C22H29NO6S. The number of thioether (sulfide) groups is 1. The van der Waals surface area contributed by atoms with Gasteiger partial charge < -0.3 is 24.4 Å². The molecule has 2 rings (SSSR count). The van der Waals surface area contributed by atoms with Crippen LogP contribution in [0.2, 0.25) is 0 Å². The molecule has 0 fully saturated rings. The van der Waals surface area contributed by atoms with Crippen molar-refractivity contribution in [2.45, 2.75) is 30.4 Å². The van der Waals surface area contributed by atoms with E-state index >= 15 is 0 Å². The smallest absolute Gasteiger partial charge is 0.412 e. The number of nitrogens with one attached hydrogen (secondary N) is 1. The van der Waals surface area contributed by atoms with Gasteiger partial charge in [0.25, 0.3) is 0 Å². The molecule has 1 amide bonds. The van der Waals surface area contributed by atoms with E-state index < -0.39 is 18.3 Å². The maximum Gasteiger partial charge on any atom is 0.412 e. The van der Waals surface area contributed by atoms with Crippen LogP contribution in [-0.4, -0.2) is 55.1 Å². The van der Waals surface area contributed by atoms with Gasteiger partial charge in [0.05, 0.1) is 6.61 Å². The lowest BCUT2D eigenvalue weighted by atomic mass is 10.0. The van der Waals surface area contributed by atoms with Gasteiger partial charge in [0.2, 0.25) is 0 Å². The van der Waals surface area contributed by atoms with Crippen LogP contribution in [0.4, 0.5) is 10.5 Å². The molecule has 0 saturated carbocycles. The van der Waals surface area contributed by atoms with E-state index in [2.05, 4.69) is 5.32 Å². The third-order valence-electron chi connectivity index (χ3n) is 4.25. The highest BCUT2D eigenvalue weighted by Gasteiger charge is 2.28. The minimum absolute atomic E-state index is 0.103. The normalized spacial score (nSPS) is 12.8. The molecule has 0 aliphatic rings. The molecule has 0 unspecified atom stereocenters. The Kier molecular flexibility index (Phi) is 10.5. The van der Waals surface area contributed by atoms with Crippen LogP contribution in [0.3, 0.4) is 0 Å². The third-order valence-corrected chi connectivity index (χ3v) is 4.99. The van der Waals surface area contributed by atoms with Crippen molar-refractivity contribution < 1.29 is 29.2 Å². The van der Waals surface area contributed by atoms with Crippen LogP contribution in [0.1, 0.15) is 25.0 Å². The molecule has 2 aromatic rings. The topological polar surface area (TPSA) is 97.2 Å². The molecule has 0 bridgehead atoms. The minimum Gasteiger partial charge on any atom is -0.491 e. The van der Waals surface area contributed by atoms with E-state index in [0.29, 0.717) is 30.0 Å². The van der Waals surface area contributed by atoms with E-state index in [4.69, 9.17) is 19.3 Å². The first-order valence-corrected chi connectivity index (χ1v) is 11.0. The van der Waals surface area contributed by atoms with Crippen molar-refractivity contribution in [1.29, 1.82) is 0 Å². The van der Waals surface area contributed by atoms with E-state index in [1.165, 1.54) is 0 Å². The van der Waals surface area contributed by atoms with Crippen LogP contribution in [0.25, 0.3) is 0 Å². The van der Waals surface area contributed by atoms with Crippen LogP contribution in [0, 0.1) is 0 Å². The van der Waals surface area contributed by atoms with Crippen LogP contribution < -0.4 is 10.1 Å².